The minimum atomic E-state index is -0.0704. The van der Waals surface area contributed by atoms with Crippen molar-refractivity contribution in [2.75, 3.05) is 18.5 Å². The van der Waals surface area contributed by atoms with E-state index >= 15 is 0 Å². The Morgan fingerprint density at radius 2 is 2.00 bits per heavy atom. The van der Waals surface area contributed by atoms with Gasteiger partial charge < -0.3 is 4.90 Å². The highest BCUT2D eigenvalue weighted by molar-refractivity contribution is 7.22. The summed E-state index contributed by atoms with van der Waals surface area (Å²) in [5.41, 5.74) is 6.56. The van der Waals surface area contributed by atoms with Gasteiger partial charge in [-0.1, -0.05) is 23.5 Å². The van der Waals surface area contributed by atoms with Gasteiger partial charge in [-0.3, -0.25) is 5.43 Å². The van der Waals surface area contributed by atoms with E-state index in [9.17, 15) is 4.79 Å². The minimum absolute atomic E-state index is 0.0704. The van der Waals surface area contributed by atoms with Crippen molar-refractivity contribution in [2.45, 2.75) is 19.3 Å². The van der Waals surface area contributed by atoms with Crippen LogP contribution in [0.1, 0.15) is 19.3 Å². The van der Waals surface area contributed by atoms with Gasteiger partial charge in [0.1, 0.15) is 0 Å². The predicted octanol–water partition coefficient (Wildman–Crippen LogP) is 2.82. The van der Waals surface area contributed by atoms with Gasteiger partial charge in [0, 0.05) is 13.1 Å². The molecule has 19 heavy (non-hydrogen) atoms. The molecular formula is C13H16N4OS. The molecule has 2 N–H and O–H groups in total. The topological polar surface area (TPSA) is 57.3 Å². The lowest BCUT2D eigenvalue weighted by atomic mass is 10.1. The van der Waals surface area contributed by atoms with E-state index in [2.05, 4.69) is 15.8 Å². The summed E-state index contributed by atoms with van der Waals surface area (Å²) in [4.78, 5) is 18.2. The molecule has 100 valence electrons. The number of benzene rings is 1. The van der Waals surface area contributed by atoms with E-state index in [-0.39, 0.29) is 6.03 Å². The Balaban J connectivity index is 1.60. The van der Waals surface area contributed by atoms with Gasteiger partial charge in [0.15, 0.2) is 0 Å². The number of rotatable bonds is 2. The Hall–Kier alpha value is -1.82. The van der Waals surface area contributed by atoms with Crippen molar-refractivity contribution in [1.29, 1.82) is 0 Å². The molecule has 0 bridgehead atoms. The zero-order valence-electron chi connectivity index (χ0n) is 10.6. The molecule has 1 aromatic carbocycles. The largest absolute Gasteiger partial charge is 0.336 e. The van der Waals surface area contributed by atoms with Crippen molar-refractivity contribution in [3.8, 4) is 0 Å². The number of hydrogen-bond donors (Lipinski definition) is 2. The minimum Gasteiger partial charge on any atom is -0.323 e. The van der Waals surface area contributed by atoms with Gasteiger partial charge >= 0.3 is 6.03 Å². The standard InChI is InChI=1S/C13H16N4OS/c18-13(17-8-4-1-5-9-17)16-15-12-14-10-6-2-3-7-11(10)19-12/h2-3,6-7H,1,4-5,8-9H2,(H,14,15)(H,16,18). The molecule has 1 saturated heterocycles. The number of likely N-dealkylation sites (tertiary alicyclic amines) is 1. The SMILES string of the molecule is O=C(NNc1nc2ccccc2s1)N1CCCCC1. The van der Waals surface area contributed by atoms with Gasteiger partial charge in [-0.2, -0.15) is 0 Å². The number of carbonyl (C=O) groups excluding carboxylic acids is 1. The molecule has 2 aromatic rings. The van der Waals surface area contributed by atoms with E-state index in [0.29, 0.717) is 5.13 Å². The fourth-order valence-corrected chi connectivity index (χ4v) is 3.03. The molecule has 2 heterocycles. The van der Waals surface area contributed by atoms with Crippen LogP contribution < -0.4 is 10.9 Å². The van der Waals surface area contributed by atoms with Crippen molar-refractivity contribution in [1.82, 2.24) is 15.3 Å². The second-order valence-corrected chi connectivity index (χ2v) is 5.62. The fourth-order valence-electron chi connectivity index (χ4n) is 2.21. The summed E-state index contributed by atoms with van der Waals surface area (Å²) >= 11 is 1.53. The van der Waals surface area contributed by atoms with Crippen LogP contribution >= 0.6 is 11.3 Å². The third kappa shape index (κ3) is 2.78. The highest BCUT2D eigenvalue weighted by Crippen LogP contribution is 2.24. The van der Waals surface area contributed by atoms with E-state index < -0.39 is 0 Å². The number of thiazole rings is 1. The third-order valence-corrected chi connectivity index (χ3v) is 4.17. The molecule has 0 saturated carbocycles. The number of nitrogens with one attached hydrogen (secondary N) is 2. The number of hydrazine groups is 1. The summed E-state index contributed by atoms with van der Waals surface area (Å²) in [6.07, 6.45) is 3.40. The molecule has 0 aliphatic carbocycles. The normalized spacial score (nSPS) is 15.5. The maximum atomic E-state index is 11.9. The zero-order valence-corrected chi connectivity index (χ0v) is 11.4. The highest BCUT2D eigenvalue weighted by Gasteiger charge is 2.16. The number of fused-ring (bicyclic) bond motifs is 1. The summed E-state index contributed by atoms with van der Waals surface area (Å²) in [5.74, 6) is 0. The van der Waals surface area contributed by atoms with Crippen molar-refractivity contribution in [2.24, 2.45) is 0 Å². The molecule has 0 radical (unpaired) electrons. The molecule has 0 atom stereocenters. The van der Waals surface area contributed by atoms with Crippen LogP contribution in [-0.4, -0.2) is 29.0 Å². The van der Waals surface area contributed by atoms with E-state index in [4.69, 9.17) is 0 Å². The number of nitrogens with zero attached hydrogens (tertiary/aromatic N) is 2. The molecule has 0 spiro atoms. The first kappa shape index (κ1) is 12.2. The number of anilines is 1. The molecular weight excluding hydrogens is 260 g/mol. The monoisotopic (exact) mass is 276 g/mol. The molecule has 1 fully saturated rings. The molecule has 2 amide bonds. The number of carbonyl (C=O) groups is 1. The lowest BCUT2D eigenvalue weighted by Gasteiger charge is -2.26. The van der Waals surface area contributed by atoms with Crippen LogP contribution in [0.5, 0.6) is 0 Å². The highest BCUT2D eigenvalue weighted by atomic mass is 32.1. The van der Waals surface area contributed by atoms with E-state index in [0.717, 1.165) is 36.1 Å². The second-order valence-electron chi connectivity index (χ2n) is 4.59. The smallest absolute Gasteiger partial charge is 0.323 e. The Kier molecular flexibility index (Phi) is 3.50. The Labute approximate surface area is 115 Å². The van der Waals surface area contributed by atoms with Gasteiger partial charge in [0.2, 0.25) is 5.13 Å². The van der Waals surface area contributed by atoms with Gasteiger partial charge in [-0.15, -0.1) is 0 Å². The van der Waals surface area contributed by atoms with Crippen LogP contribution in [0.4, 0.5) is 9.93 Å². The number of piperidine rings is 1. The Bertz CT molecular complexity index is 544. The molecule has 6 heteroatoms. The van der Waals surface area contributed by atoms with Gasteiger partial charge in [-0.05, 0) is 31.4 Å². The predicted molar refractivity (Wildman–Crippen MR) is 77.2 cm³/mol. The first-order chi connectivity index (χ1) is 9.33. The quantitative estimate of drug-likeness (QED) is 0.829. The maximum absolute atomic E-state index is 11.9. The van der Waals surface area contributed by atoms with E-state index in [1.54, 1.807) is 0 Å². The van der Waals surface area contributed by atoms with Gasteiger partial charge in [-0.25, -0.2) is 15.2 Å². The summed E-state index contributed by atoms with van der Waals surface area (Å²) in [6.45, 7) is 1.68. The first-order valence-corrected chi connectivity index (χ1v) is 7.31. The molecule has 1 aromatic heterocycles. The summed E-state index contributed by atoms with van der Waals surface area (Å²) in [5, 5.41) is 0.714. The Morgan fingerprint density at radius 1 is 1.21 bits per heavy atom. The van der Waals surface area contributed by atoms with Crippen LogP contribution in [0, 0.1) is 0 Å². The molecule has 0 unspecified atom stereocenters. The third-order valence-electron chi connectivity index (χ3n) is 3.21. The average Bonchev–Trinajstić information content (AvgIpc) is 2.88. The van der Waals surface area contributed by atoms with Crippen molar-refractivity contribution >= 4 is 32.7 Å². The number of urea groups is 1. The van der Waals surface area contributed by atoms with Crippen LogP contribution in [-0.2, 0) is 0 Å². The number of aromatic nitrogens is 1. The van der Waals surface area contributed by atoms with Crippen molar-refractivity contribution in [3.05, 3.63) is 24.3 Å². The summed E-state index contributed by atoms with van der Waals surface area (Å²) in [7, 11) is 0. The number of hydrogen-bond acceptors (Lipinski definition) is 4. The van der Waals surface area contributed by atoms with Crippen LogP contribution in [0.25, 0.3) is 10.2 Å². The maximum Gasteiger partial charge on any atom is 0.336 e. The van der Waals surface area contributed by atoms with Crippen molar-refractivity contribution < 1.29 is 4.79 Å². The van der Waals surface area contributed by atoms with Crippen LogP contribution in [0.15, 0.2) is 24.3 Å². The van der Waals surface area contributed by atoms with Crippen molar-refractivity contribution in [3.63, 3.8) is 0 Å². The van der Waals surface area contributed by atoms with Crippen LogP contribution in [0.2, 0.25) is 0 Å². The van der Waals surface area contributed by atoms with E-state index in [1.165, 1.54) is 17.8 Å². The lowest BCUT2D eigenvalue weighted by molar-refractivity contribution is 0.188. The molecule has 1 aliphatic rings. The van der Waals surface area contributed by atoms with E-state index in [1.807, 2.05) is 29.2 Å². The average molecular weight is 276 g/mol. The Morgan fingerprint density at radius 3 is 2.79 bits per heavy atom. The fraction of sp³-hybridized carbons (Fsp3) is 0.385. The second kappa shape index (κ2) is 5.44. The lowest BCUT2D eigenvalue weighted by Crippen LogP contribution is -2.44. The zero-order chi connectivity index (χ0) is 13.1. The first-order valence-electron chi connectivity index (χ1n) is 6.49. The number of amides is 2. The molecule has 5 nitrogen and oxygen atoms in total. The summed E-state index contributed by atoms with van der Waals surface area (Å²) < 4.78 is 1.11. The summed E-state index contributed by atoms with van der Waals surface area (Å²) in [6, 6.07) is 7.85. The molecule has 3 rings (SSSR count). The van der Waals surface area contributed by atoms with Crippen LogP contribution in [0.3, 0.4) is 0 Å². The number of para-hydroxylation sites is 1. The molecule has 1 aliphatic heterocycles. The van der Waals surface area contributed by atoms with Gasteiger partial charge in [0.25, 0.3) is 0 Å². The van der Waals surface area contributed by atoms with Gasteiger partial charge in [0.05, 0.1) is 10.2 Å².